The second-order valence-electron chi connectivity index (χ2n) is 6.34. The molecule has 0 aliphatic rings. The Morgan fingerprint density at radius 1 is 1.21 bits per heavy atom. The van der Waals surface area contributed by atoms with Crippen molar-refractivity contribution in [2.45, 2.75) is 19.9 Å². The highest BCUT2D eigenvalue weighted by Crippen LogP contribution is 2.32. The summed E-state index contributed by atoms with van der Waals surface area (Å²) in [5.74, 6) is -0.805. The fourth-order valence-electron chi connectivity index (χ4n) is 3.46. The number of carboxylic acids is 1. The highest BCUT2D eigenvalue weighted by atomic mass is 35.5. The van der Waals surface area contributed by atoms with Crippen LogP contribution in [0.1, 0.15) is 23.0 Å². The van der Waals surface area contributed by atoms with Crippen LogP contribution >= 0.6 is 11.6 Å². The monoisotopic (exact) mass is 400 g/mol. The van der Waals surface area contributed by atoms with E-state index in [1.54, 1.807) is 29.8 Å². The van der Waals surface area contributed by atoms with Crippen LogP contribution in [0.15, 0.2) is 42.5 Å². The Morgan fingerprint density at radius 2 is 1.93 bits per heavy atom. The fraction of sp³-hybridized carbons (Fsp3) is 0.238. The molecule has 0 fully saturated rings. The van der Waals surface area contributed by atoms with Crippen molar-refractivity contribution in [3.05, 3.63) is 58.7 Å². The lowest BCUT2D eigenvalue weighted by Crippen LogP contribution is -2.29. The summed E-state index contributed by atoms with van der Waals surface area (Å²) in [7, 11) is 3.14. The fourth-order valence-corrected chi connectivity index (χ4v) is 3.62. The van der Waals surface area contributed by atoms with Gasteiger partial charge in [0.05, 0.1) is 19.2 Å². The molecule has 3 aromatic rings. The molecule has 0 radical (unpaired) electrons. The molecule has 0 saturated carbocycles. The summed E-state index contributed by atoms with van der Waals surface area (Å²) in [6, 6.07) is 12.4. The average molecular weight is 401 g/mol. The Kier molecular flexibility index (Phi) is 5.61. The summed E-state index contributed by atoms with van der Waals surface area (Å²) in [6.07, 6.45) is -0.0543. The van der Waals surface area contributed by atoms with Gasteiger partial charge in [0.25, 0.3) is 0 Å². The number of rotatable bonds is 6. The molecule has 0 aliphatic heterocycles. The standard InChI is InChI=1S/C21H21ClN2O4/c1-4-24-16-8-6-5-7-14(16)15(20(24)21(26)27)12-19(25)23(2)17-11-13(22)9-10-18(17)28-3/h5-11H,4,12H2,1-3H3,(H,26,27). The number of nitrogens with zero attached hydrogens (tertiary/aromatic N) is 2. The minimum absolute atomic E-state index is 0.0543. The Morgan fingerprint density at radius 3 is 2.57 bits per heavy atom. The van der Waals surface area contributed by atoms with Gasteiger partial charge in [-0.3, -0.25) is 4.79 Å². The molecule has 146 valence electrons. The molecular weight excluding hydrogens is 380 g/mol. The molecular formula is C21H21ClN2O4. The maximum Gasteiger partial charge on any atom is 0.352 e. The lowest BCUT2D eigenvalue weighted by Gasteiger charge is -2.20. The van der Waals surface area contributed by atoms with E-state index in [4.69, 9.17) is 16.3 Å². The molecule has 2 aromatic carbocycles. The number of hydrogen-bond donors (Lipinski definition) is 1. The number of para-hydroxylation sites is 1. The quantitative estimate of drug-likeness (QED) is 0.672. The van der Waals surface area contributed by atoms with E-state index in [0.717, 1.165) is 10.9 Å². The average Bonchev–Trinajstić information content (AvgIpc) is 3.01. The Bertz CT molecular complexity index is 1060. The first-order valence-electron chi connectivity index (χ1n) is 8.82. The number of ether oxygens (including phenoxy) is 1. The van der Waals surface area contributed by atoms with Gasteiger partial charge < -0.3 is 19.3 Å². The van der Waals surface area contributed by atoms with Gasteiger partial charge in [0.1, 0.15) is 11.4 Å². The number of carbonyl (C=O) groups is 2. The molecule has 0 atom stereocenters. The predicted octanol–water partition coefficient (Wildman–Crippen LogP) is 4.23. The summed E-state index contributed by atoms with van der Waals surface area (Å²) in [4.78, 5) is 26.4. The van der Waals surface area contributed by atoms with Crippen LogP contribution in [0.2, 0.25) is 5.02 Å². The molecule has 3 rings (SSSR count). The molecule has 1 heterocycles. The third-order valence-corrected chi connectivity index (χ3v) is 5.03. The molecule has 1 N–H and O–H groups in total. The molecule has 7 heteroatoms. The number of carboxylic acid groups (broad SMARTS) is 1. The lowest BCUT2D eigenvalue weighted by atomic mass is 10.1. The van der Waals surface area contributed by atoms with Gasteiger partial charge in [0.15, 0.2) is 0 Å². The highest BCUT2D eigenvalue weighted by Gasteiger charge is 2.25. The summed E-state index contributed by atoms with van der Waals surface area (Å²) >= 11 is 6.08. The van der Waals surface area contributed by atoms with Crippen molar-refractivity contribution in [1.82, 2.24) is 4.57 Å². The van der Waals surface area contributed by atoms with Crippen LogP contribution in [0.4, 0.5) is 5.69 Å². The number of hydrogen-bond acceptors (Lipinski definition) is 3. The molecule has 1 aromatic heterocycles. The first-order chi connectivity index (χ1) is 13.4. The van der Waals surface area contributed by atoms with Crippen molar-refractivity contribution in [2.75, 3.05) is 19.1 Å². The lowest BCUT2D eigenvalue weighted by molar-refractivity contribution is -0.117. The van der Waals surface area contributed by atoms with Crippen molar-refractivity contribution in [2.24, 2.45) is 0 Å². The van der Waals surface area contributed by atoms with Crippen LogP contribution in [0.3, 0.4) is 0 Å². The van der Waals surface area contributed by atoms with Crippen molar-refractivity contribution in [1.29, 1.82) is 0 Å². The molecule has 0 bridgehead atoms. The van der Waals surface area contributed by atoms with Crippen LogP contribution in [0, 0.1) is 0 Å². The van der Waals surface area contributed by atoms with Crippen LogP contribution in [0.5, 0.6) is 5.75 Å². The number of fused-ring (bicyclic) bond motifs is 1. The summed E-state index contributed by atoms with van der Waals surface area (Å²) < 4.78 is 7.05. The van der Waals surface area contributed by atoms with Gasteiger partial charge >= 0.3 is 5.97 Å². The van der Waals surface area contributed by atoms with Gasteiger partial charge in [0, 0.05) is 35.1 Å². The number of benzene rings is 2. The molecule has 0 saturated heterocycles. The zero-order valence-corrected chi connectivity index (χ0v) is 16.7. The van der Waals surface area contributed by atoms with E-state index in [0.29, 0.717) is 28.6 Å². The maximum absolute atomic E-state index is 13.0. The van der Waals surface area contributed by atoms with E-state index in [1.807, 2.05) is 31.2 Å². The van der Waals surface area contributed by atoms with Crippen molar-refractivity contribution in [3.63, 3.8) is 0 Å². The third-order valence-electron chi connectivity index (χ3n) is 4.80. The number of likely N-dealkylation sites (N-methyl/N-ethyl adjacent to an activating group) is 1. The van der Waals surface area contributed by atoms with E-state index in [9.17, 15) is 14.7 Å². The SMILES string of the molecule is CCn1c(C(=O)O)c(CC(=O)N(C)c2cc(Cl)ccc2OC)c2ccccc21. The molecule has 0 aliphatic carbocycles. The third kappa shape index (κ3) is 3.43. The van der Waals surface area contributed by atoms with Gasteiger partial charge in [0.2, 0.25) is 5.91 Å². The first kappa shape index (κ1) is 19.8. The number of aromatic carboxylic acids is 1. The summed E-state index contributed by atoms with van der Waals surface area (Å²) in [6.45, 7) is 2.38. The van der Waals surface area contributed by atoms with E-state index in [2.05, 4.69) is 0 Å². The van der Waals surface area contributed by atoms with Crippen molar-refractivity contribution < 1.29 is 19.4 Å². The van der Waals surface area contributed by atoms with Gasteiger partial charge in [-0.25, -0.2) is 4.79 Å². The maximum atomic E-state index is 13.0. The minimum Gasteiger partial charge on any atom is -0.495 e. The van der Waals surface area contributed by atoms with Crippen LogP contribution in [0.25, 0.3) is 10.9 Å². The first-order valence-corrected chi connectivity index (χ1v) is 9.20. The highest BCUT2D eigenvalue weighted by molar-refractivity contribution is 6.31. The van der Waals surface area contributed by atoms with E-state index in [1.165, 1.54) is 12.0 Å². The van der Waals surface area contributed by atoms with Crippen LogP contribution < -0.4 is 9.64 Å². The molecule has 0 unspecified atom stereocenters. The second kappa shape index (κ2) is 7.94. The largest absolute Gasteiger partial charge is 0.495 e. The number of halogens is 1. The number of carbonyl (C=O) groups excluding carboxylic acids is 1. The van der Waals surface area contributed by atoms with E-state index < -0.39 is 5.97 Å². The summed E-state index contributed by atoms with van der Waals surface area (Å²) in [5.41, 5.74) is 1.97. The second-order valence-corrected chi connectivity index (χ2v) is 6.78. The number of methoxy groups -OCH3 is 1. The molecule has 0 spiro atoms. The van der Waals surface area contributed by atoms with Gasteiger partial charge in [-0.2, -0.15) is 0 Å². The predicted molar refractivity (Wildman–Crippen MR) is 110 cm³/mol. The number of amides is 1. The molecule has 1 amide bonds. The van der Waals surface area contributed by atoms with E-state index in [-0.39, 0.29) is 18.0 Å². The van der Waals surface area contributed by atoms with E-state index >= 15 is 0 Å². The Hall–Kier alpha value is -2.99. The van der Waals surface area contributed by atoms with Gasteiger partial charge in [-0.1, -0.05) is 29.8 Å². The number of anilines is 1. The smallest absolute Gasteiger partial charge is 0.352 e. The Balaban J connectivity index is 2.05. The topological polar surface area (TPSA) is 71.8 Å². The number of aromatic nitrogens is 1. The van der Waals surface area contributed by atoms with Crippen LogP contribution in [-0.4, -0.2) is 35.7 Å². The van der Waals surface area contributed by atoms with Gasteiger partial charge in [-0.05, 0) is 31.2 Å². The van der Waals surface area contributed by atoms with Gasteiger partial charge in [-0.15, -0.1) is 0 Å². The molecule has 28 heavy (non-hydrogen) atoms. The zero-order chi connectivity index (χ0) is 20.4. The van der Waals surface area contributed by atoms with Crippen LogP contribution in [-0.2, 0) is 17.8 Å². The zero-order valence-electron chi connectivity index (χ0n) is 15.9. The normalized spacial score (nSPS) is 10.9. The minimum atomic E-state index is -1.05. The van der Waals surface area contributed by atoms with Crippen molar-refractivity contribution in [3.8, 4) is 5.75 Å². The number of aryl methyl sites for hydroxylation is 1. The van der Waals surface area contributed by atoms with Crippen molar-refractivity contribution >= 4 is 40.1 Å². The summed E-state index contributed by atoms with van der Waals surface area (Å²) in [5, 5.41) is 11.0. The Labute approximate surface area is 167 Å². The molecule has 6 nitrogen and oxygen atoms in total.